The highest BCUT2D eigenvalue weighted by Crippen LogP contribution is 2.31. The van der Waals surface area contributed by atoms with Gasteiger partial charge in [-0.25, -0.2) is 4.79 Å². The molecule has 4 nitrogen and oxygen atoms in total. The van der Waals surface area contributed by atoms with Crippen molar-refractivity contribution in [1.82, 2.24) is 4.90 Å². The first-order valence-electron chi connectivity index (χ1n) is 7.13. The van der Waals surface area contributed by atoms with Gasteiger partial charge in [0.05, 0.1) is 16.3 Å². The molecule has 20 heavy (non-hydrogen) atoms. The van der Waals surface area contributed by atoms with Crippen molar-refractivity contribution in [3.63, 3.8) is 0 Å². The third kappa shape index (κ3) is 3.07. The third-order valence-corrected chi connectivity index (χ3v) is 4.42. The molecule has 1 aromatic rings. The molecule has 3 rings (SSSR count). The van der Waals surface area contributed by atoms with Gasteiger partial charge in [-0.15, -0.1) is 0 Å². The van der Waals surface area contributed by atoms with E-state index in [0.29, 0.717) is 5.02 Å². The Hall–Kier alpha value is -1.26. The molecule has 0 atom stereocenters. The molecule has 1 heterocycles. The van der Waals surface area contributed by atoms with Crippen LogP contribution in [-0.2, 0) is 0 Å². The van der Waals surface area contributed by atoms with E-state index in [2.05, 4.69) is 9.80 Å². The number of rotatable bonds is 4. The molecule has 0 aromatic heterocycles. The maximum Gasteiger partial charge on any atom is 0.335 e. The van der Waals surface area contributed by atoms with Gasteiger partial charge in [-0.05, 0) is 37.0 Å². The molecule has 5 heteroatoms. The summed E-state index contributed by atoms with van der Waals surface area (Å²) in [5.74, 6) is -0.00677. The van der Waals surface area contributed by atoms with Crippen LogP contribution in [0.25, 0.3) is 0 Å². The van der Waals surface area contributed by atoms with Gasteiger partial charge in [0.1, 0.15) is 0 Å². The van der Waals surface area contributed by atoms with Crippen molar-refractivity contribution >= 4 is 23.3 Å². The zero-order valence-corrected chi connectivity index (χ0v) is 12.1. The molecule has 1 aliphatic carbocycles. The van der Waals surface area contributed by atoms with Crippen LogP contribution in [0.3, 0.4) is 0 Å². The molecule has 0 unspecified atom stereocenters. The lowest BCUT2D eigenvalue weighted by Crippen LogP contribution is -2.47. The Morgan fingerprint density at radius 2 is 1.95 bits per heavy atom. The minimum atomic E-state index is -0.937. The van der Waals surface area contributed by atoms with Crippen LogP contribution in [0.5, 0.6) is 0 Å². The van der Waals surface area contributed by atoms with E-state index in [-0.39, 0.29) is 5.56 Å². The first-order valence-corrected chi connectivity index (χ1v) is 7.51. The number of nitrogens with zero attached hydrogens (tertiary/aromatic N) is 2. The van der Waals surface area contributed by atoms with Crippen molar-refractivity contribution in [3.8, 4) is 0 Å². The summed E-state index contributed by atoms with van der Waals surface area (Å²) in [5.41, 5.74) is 1.19. The van der Waals surface area contributed by atoms with E-state index in [4.69, 9.17) is 16.7 Å². The van der Waals surface area contributed by atoms with Gasteiger partial charge in [0, 0.05) is 32.7 Å². The smallest absolute Gasteiger partial charge is 0.335 e. The number of carboxylic acids is 1. The molecule has 2 fully saturated rings. The Balaban J connectivity index is 1.63. The van der Waals surface area contributed by atoms with E-state index in [1.807, 2.05) is 6.07 Å². The molecule has 2 aliphatic rings. The van der Waals surface area contributed by atoms with Gasteiger partial charge in [-0.1, -0.05) is 11.6 Å². The van der Waals surface area contributed by atoms with Crippen molar-refractivity contribution in [2.45, 2.75) is 12.8 Å². The Kier molecular flexibility index (Phi) is 3.85. The highest BCUT2D eigenvalue weighted by atomic mass is 35.5. The summed E-state index contributed by atoms with van der Waals surface area (Å²) in [6.45, 7) is 5.28. The molecule has 0 radical (unpaired) electrons. The number of benzene rings is 1. The molecule has 0 spiro atoms. The summed E-state index contributed by atoms with van der Waals surface area (Å²) in [5, 5.41) is 9.48. The van der Waals surface area contributed by atoms with E-state index in [1.54, 1.807) is 6.07 Å². The molecule has 108 valence electrons. The van der Waals surface area contributed by atoms with E-state index in [0.717, 1.165) is 37.8 Å². The lowest BCUT2D eigenvalue weighted by Gasteiger charge is -2.36. The van der Waals surface area contributed by atoms with Crippen LogP contribution >= 0.6 is 11.6 Å². The van der Waals surface area contributed by atoms with Crippen molar-refractivity contribution in [3.05, 3.63) is 28.8 Å². The first kappa shape index (κ1) is 13.7. The molecule has 1 aliphatic heterocycles. The van der Waals surface area contributed by atoms with Gasteiger partial charge in [-0.2, -0.15) is 0 Å². The van der Waals surface area contributed by atoms with Crippen LogP contribution in [-0.4, -0.2) is 48.7 Å². The topological polar surface area (TPSA) is 43.8 Å². The molecule has 1 saturated heterocycles. The fourth-order valence-electron chi connectivity index (χ4n) is 2.73. The third-order valence-electron chi connectivity index (χ3n) is 4.12. The number of hydrogen-bond donors (Lipinski definition) is 1. The van der Waals surface area contributed by atoms with E-state index < -0.39 is 5.97 Å². The zero-order valence-electron chi connectivity index (χ0n) is 11.4. The number of carbonyl (C=O) groups is 1. The molecule has 0 bridgehead atoms. The maximum absolute atomic E-state index is 10.9. The number of anilines is 1. The summed E-state index contributed by atoms with van der Waals surface area (Å²) in [6.07, 6.45) is 2.78. The zero-order chi connectivity index (χ0) is 14.1. The lowest BCUT2D eigenvalue weighted by atomic mass is 10.1. The molecular formula is C15H19ClN2O2. The van der Waals surface area contributed by atoms with Gasteiger partial charge in [0.25, 0.3) is 0 Å². The standard InChI is InChI=1S/C15H19ClN2O2/c16-13-9-12(15(19)20)3-4-14(13)18-7-5-17(6-8-18)10-11-1-2-11/h3-4,9,11H,1-2,5-8,10H2,(H,19,20). The van der Waals surface area contributed by atoms with Crippen LogP contribution in [0.15, 0.2) is 18.2 Å². The van der Waals surface area contributed by atoms with Crippen molar-refractivity contribution < 1.29 is 9.90 Å². The number of hydrogen-bond acceptors (Lipinski definition) is 3. The summed E-state index contributed by atoms with van der Waals surface area (Å²) < 4.78 is 0. The second kappa shape index (κ2) is 5.62. The van der Waals surface area contributed by atoms with Crippen LogP contribution in [0.4, 0.5) is 5.69 Å². The van der Waals surface area contributed by atoms with Crippen LogP contribution in [0, 0.1) is 5.92 Å². The Morgan fingerprint density at radius 1 is 1.25 bits per heavy atom. The van der Waals surface area contributed by atoms with Crippen molar-refractivity contribution in [2.24, 2.45) is 5.92 Å². The molecule has 1 N–H and O–H groups in total. The summed E-state index contributed by atoms with van der Waals surface area (Å²) in [7, 11) is 0. The predicted octanol–water partition coefficient (Wildman–Crippen LogP) is 2.57. The largest absolute Gasteiger partial charge is 0.478 e. The average molecular weight is 295 g/mol. The fraction of sp³-hybridized carbons (Fsp3) is 0.533. The highest BCUT2D eigenvalue weighted by Gasteiger charge is 2.26. The molecule has 0 amide bonds. The molecular weight excluding hydrogens is 276 g/mol. The highest BCUT2D eigenvalue weighted by molar-refractivity contribution is 6.33. The van der Waals surface area contributed by atoms with Gasteiger partial charge >= 0.3 is 5.97 Å². The van der Waals surface area contributed by atoms with E-state index in [9.17, 15) is 4.79 Å². The Bertz CT molecular complexity index is 509. The van der Waals surface area contributed by atoms with Crippen LogP contribution in [0.1, 0.15) is 23.2 Å². The van der Waals surface area contributed by atoms with Gasteiger partial charge in [0.15, 0.2) is 0 Å². The van der Waals surface area contributed by atoms with Crippen molar-refractivity contribution in [1.29, 1.82) is 0 Å². The quantitative estimate of drug-likeness (QED) is 0.927. The van der Waals surface area contributed by atoms with Gasteiger partial charge in [0.2, 0.25) is 0 Å². The monoisotopic (exact) mass is 294 g/mol. The summed E-state index contributed by atoms with van der Waals surface area (Å²) in [4.78, 5) is 15.7. The maximum atomic E-state index is 10.9. The summed E-state index contributed by atoms with van der Waals surface area (Å²) in [6, 6.07) is 4.98. The van der Waals surface area contributed by atoms with Gasteiger partial charge in [-0.3, -0.25) is 4.90 Å². The average Bonchev–Trinajstić information content (AvgIpc) is 3.24. The lowest BCUT2D eigenvalue weighted by molar-refractivity contribution is 0.0697. The molecule has 1 aromatic carbocycles. The fourth-order valence-corrected chi connectivity index (χ4v) is 3.03. The normalized spacial score (nSPS) is 20.1. The first-order chi connectivity index (χ1) is 9.63. The van der Waals surface area contributed by atoms with E-state index in [1.165, 1.54) is 25.5 Å². The minimum absolute atomic E-state index is 0.242. The second-order valence-electron chi connectivity index (χ2n) is 5.70. The number of halogens is 1. The minimum Gasteiger partial charge on any atom is -0.478 e. The number of piperazine rings is 1. The van der Waals surface area contributed by atoms with E-state index >= 15 is 0 Å². The molecule has 1 saturated carbocycles. The number of carboxylic acid groups (broad SMARTS) is 1. The SMILES string of the molecule is O=C(O)c1ccc(N2CCN(CC3CC3)CC2)c(Cl)c1. The number of aromatic carboxylic acids is 1. The Morgan fingerprint density at radius 3 is 2.50 bits per heavy atom. The van der Waals surface area contributed by atoms with Crippen molar-refractivity contribution in [2.75, 3.05) is 37.6 Å². The summed E-state index contributed by atoms with van der Waals surface area (Å²) >= 11 is 6.22. The second-order valence-corrected chi connectivity index (χ2v) is 6.11. The van der Waals surface area contributed by atoms with Crippen LogP contribution < -0.4 is 4.90 Å². The van der Waals surface area contributed by atoms with Crippen LogP contribution in [0.2, 0.25) is 5.02 Å². The predicted molar refractivity (Wildman–Crippen MR) is 79.8 cm³/mol. The van der Waals surface area contributed by atoms with Gasteiger partial charge < -0.3 is 10.0 Å². The Labute approximate surface area is 123 Å².